The van der Waals surface area contributed by atoms with E-state index < -0.39 is 0 Å². The first-order chi connectivity index (χ1) is 10.6. The zero-order valence-electron chi connectivity index (χ0n) is 12.5. The number of rotatable bonds is 3. The Hall–Kier alpha value is -2.33. The van der Waals surface area contributed by atoms with Crippen molar-refractivity contribution in [3.8, 4) is 0 Å². The summed E-state index contributed by atoms with van der Waals surface area (Å²) in [6.07, 6.45) is 0. The molecule has 0 atom stereocenters. The standard InChI is InChI=1S/C17H16ClN3O/c1-20(17(22)12-7-9-13(18)10-8-12)11-16-19-14-5-3-4-6-15(14)21(16)2/h3-10H,11H2,1-2H3. The fourth-order valence-corrected chi connectivity index (χ4v) is 2.56. The number of amides is 1. The molecule has 2 aromatic carbocycles. The molecule has 0 saturated heterocycles. The molecule has 0 spiro atoms. The minimum Gasteiger partial charge on any atom is -0.334 e. The van der Waals surface area contributed by atoms with Crippen LogP contribution in [0.3, 0.4) is 0 Å². The molecule has 0 aliphatic heterocycles. The SMILES string of the molecule is CN(Cc1nc2ccccc2n1C)C(=O)c1ccc(Cl)cc1. The molecule has 5 heteroatoms. The van der Waals surface area contributed by atoms with E-state index in [9.17, 15) is 4.79 Å². The maximum atomic E-state index is 12.4. The van der Waals surface area contributed by atoms with Gasteiger partial charge in [0.25, 0.3) is 5.91 Å². The minimum absolute atomic E-state index is 0.0521. The number of hydrogen-bond acceptors (Lipinski definition) is 2. The van der Waals surface area contributed by atoms with Crippen molar-refractivity contribution >= 4 is 28.5 Å². The van der Waals surface area contributed by atoms with Crippen LogP contribution in [-0.4, -0.2) is 27.4 Å². The summed E-state index contributed by atoms with van der Waals surface area (Å²) < 4.78 is 2.01. The van der Waals surface area contributed by atoms with Gasteiger partial charge in [-0.15, -0.1) is 0 Å². The molecule has 0 N–H and O–H groups in total. The highest BCUT2D eigenvalue weighted by Crippen LogP contribution is 2.16. The van der Waals surface area contributed by atoms with Crippen LogP contribution in [0.5, 0.6) is 0 Å². The number of imidazole rings is 1. The van der Waals surface area contributed by atoms with Crippen LogP contribution in [0.1, 0.15) is 16.2 Å². The molecule has 1 aromatic heterocycles. The Morgan fingerprint density at radius 2 is 1.86 bits per heavy atom. The van der Waals surface area contributed by atoms with Gasteiger partial charge in [-0.05, 0) is 36.4 Å². The summed E-state index contributed by atoms with van der Waals surface area (Å²) in [6.45, 7) is 0.451. The average molecular weight is 314 g/mol. The minimum atomic E-state index is -0.0521. The normalized spacial score (nSPS) is 10.9. The summed E-state index contributed by atoms with van der Waals surface area (Å²) in [5.74, 6) is 0.801. The lowest BCUT2D eigenvalue weighted by molar-refractivity contribution is 0.0780. The van der Waals surface area contributed by atoms with Crippen LogP contribution in [0.25, 0.3) is 11.0 Å². The lowest BCUT2D eigenvalue weighted by atomic mass is 10.2. The van der Waals surface area contributed by atoms with E-state index in [1.165, 1.54) is 0 Å². The monoisotopic (exact) mass is 313 g/mol. The first-order valence-corrected chi connectivity index (χ1v) is 7.35. The van der Waals surface area contributed by atoms with Crippen LogP contribution >= 0.6 is 11.6 Å². The van der Waals surface area contributed by atoms with Gasteiger partial charge < -0.3 is 9.47 Å². The Bertz CT molecular complexity index is 824. The van der Waals surface area contributed by atoms with Crippen LogP contribution in [0.4, 0.5) is 0 Å². The van der Waals surface area contributed by atoms with Crippen molar-refractivity contribution in [2.45, 2.75) is 6.54 Å². The number of para-hydroxylation sites is 2. The molecule has 0 bridgehead atoms. The Morgan fingerprint density at radius 1 is 1.18 bits per heavy atom. The molecule has 0 radical (unpaired) electrons. The predicted molar refractivity (Wildman–Crippen MR) is 88.0 cm³/mol. The van der Waals surface area contributed by atoms with E-state index >= 15 is 0 Å². The molecule has 1 heterocycles. The van der Waals surface area contributed by atoms with E-state index in [2.05, 4.69) is 4.98 Å². The largest absolute Gasteiger partial charge is 0.334 e. The van der Waals surface area contributed by atoms with E-state index in [0.29, 0.717) is 17.1 Å². The van der Waals surface area contributed by atoms with Crippen molar-refractivity contribution in [1.29, 1.82) is 0 Å². The molecule has 112 valence electrons. The Morgan fingerprint density at radius 3 is 2.55 bits per heavy atom. The molecule has 0 aliphatic rings. The zero-order chi connectivity index (χ0) is 15.7. The van der Waals surface area contributed by atoms with Gasteiger partial charge in [0.1, 0.15) is 5.82 Å². The third-order valence-electron chi connectivity index (χ3n) is 3.70. The van der Waals surface area contributed by atoms with E-state index in [1.807, 2.05) is 35.9 Å². The second kappa shape index (κ2) is 5.81. The predicted octanol–water partition coefficient (Wildman–Crippen LogP) is 3.50. The quantitative estimate of drug-likeness (QED) is 0.742. The number of carbonyl (C=O) groups is 1. The van der Waals surface area contributed by atoms with E-state index in [1.54, 1.807) is 36.2 Å². The van der Waals surface area contributed by atoms with Gasteiger partial charge in [0.05, 0.1) is 17.6 Å². The molecule has 0 saturated carbocycles. The number of hydrogen-bond donors (Lipinski definition) is 0. The first-order valence-electron chi connectivity index (χ1n) is 6.97. The summed E-state index contributed by atoms with van der Waals surface area (Å²) in [6, 6.07) is 14.8. The van der Waals surface area contributed by atoms with Crippen molar-refractivity contribution in [2.24, 2.45) is 7.05 Å². The molecule has 22 heavy (non-hydrogen) atoms. The lowest BCUT2D eigenvalue weighted by Crippen LogP contribution is -2.27. The second-order valence-electron chi connectivity index (χ2n) is 5.24. The number of nitrogens with zero attached hydrogens (tertiary/aromatic N) is 3. The summed E-state index contributed by atoms with van der Waals surface area (Å²) in [5.41, 5.74) is 2.61. The lowest BCUT2D eigenvalue weighted by Gasteiger charge is -2.17. The Kier molecular flexibility index (Phi) is 3.86. The van der Waals surface area contributed by atoms with Gasteiger partial charge in [-0.25, -0.2) is 4.98 Å². The van der Waals surface area contributed by atoms with E-state index in [4.69, 9.17) is 11.6 Å². The topological polar surface area (TPSA) is 38.1 Å². The number of aryl methyl sites for hydroxylation is 1. The van der Waals surface area contributed by atoms with Crippen LogP contribution in [-0.2, 0) is 13.6 Å². The van der Waals surface area contributed by atoms with Gasteiger partial charge in [0, 0.05) is 24.7 Å². The van der Waals surface area contributed by atoms with Crippen LogP contribution < -0.4 is 0 Å². The molecule has 0 unspecified atom stereocenters. The highest BCUT2D eigenvalue weighted by atomic mass is 35.5. The van der Waals surface area contributed by atoms with Gasteiger partial charge in [-0.1, -0.05) is 23.7 Å². The maximum absolute atomic E-state index is 12.4. The van der Waals surface area contributed by atoms with Gasteiger partial charge in [0.2, 0.25) is 0 Å². The molecular weight excluding hydrogens is 298 g/mol. The highest BCUT2D eigenvalue weighted by Gasteiger charge is 2.15. The van der Waals surface area contributed by atoms with Crippen molar-refractivity contribution in [1.82, 2.24) is 14.5 Å². The Balaban J connectivity index is 1.83. The zero-order valence-corrected chi connectivity index (χ0v) is 13.2. The van der Waals surface area contributed by atoms with Gasteiger partial charge in [-0.3, -0.25) is 4.79 Å². The number of aromatic nitrogens is 2. The fourth-order valence-electron chi connectivity index (χ4n) is 2.43. The molecule has 4 nitrogen and oxygen atoms in total. The van der Waals surface area contributed by atoms with E-state index in [-0.39, 0.29) is 5.91 Å². The van der Waals surface area contributed by atoms with E-state index in [0.717, 1.165) is 16.9 Å². The maximum Gasteiger partial charge on any atom is 0.254 e. The second-order valence-corrected chi connectivity index (χ2v) is 5.68. The molecule has 3 rings (SSSR count). The molecule has 3 aromatic rings. The molecule has 1 amide bonds. The number of benzene rings is 2. The molecular formula is C17H16ClN3O. The molecule has 0 aliphatic carbocycles. The summed E-state index contributed by atoms with van der Waals surface area (Å²) in [4.78, 5) is 18.7. The fraction of sp³-hybridized carbons (Fsp3) is 0.176. The van der Waals surface area contributed by atoms with Crippen molar-refractivity contribution < 1.29 is 4.79 Å². The van der Waals surface area contributed by atoms with Crippen LogP contribution in [0.15, 0.2) is 48.5 Å². The van der Waals surface area contributed by atoms with Crippen LogP contribution in [0.2, 0.25) is 5.02 Å². The smallest absolute Gasteiger partial charge is 0.254 e. The summed E-state index contributed by atoms with van der Waals surface area (Å²) >= 11 is 5.85. The first kappa shape index (κ1) is 14.6. The number of carbonyl (C=O) groups excluding carboxylic acids is 1. The highest BCUT2D eigenvalue weighted by molar-refractivity contribution is 6.30. The number of halogens is 1. The molecule has 0 fully saturated rings. The van der Waals surface area contributed by atoms with Crippen LogP contribution in [0, 0.1) is 0 Å². The van der Waals surface area contributed by atoms with Crippen molar-refractivity contribution in [3.63, 3.8) is 0 Å². The third-order valence-corrected chi connectivity index (χ3v) is 3.95. The summed E-state index contributed by atoms with van der Waals surface area (Å²) in [5, 5.41) is 0.620. The third kappa shape index (κ3) is 2.70. The average Bonchev–Trinajstić information content (AvgIpc) is 2.84. The van der Waals surface area contributed by atoms with Gasteiger partial charge >= 0.3 is 0 Å². The van der Waals surface area contributed by atoms with Gasteiger partial charge in [-0.2, -0.15) is 0 Å². The van der Waals surface area contributed by atoms with Gasteiger partial charge in [0.15, 0.2) is 0 Å². The van der Waals surface area contributed by atoms with Crippen molar-refractivity contribution in [3.05, 3.63) is 64.9 Å². The van der Waals surface area contributed by atoms with Crippen molar-refractivity contribution in [2.75, 3.05) is 7.05 Å². The number of fused-ring (bicyclic) bond motifs is 1. The Labute approximate surface area is 133 Å². The summed E-state index contributed by atoms with van der Waals surface area (Å²) in [7, 11) is 3.74.